The quantitative estimate of drug-likeness (QED) is 0.494. The number of nitrogens with zero attached hydrogens (tertiary/aromatic N) is 3. The van der Waals surface area contributed by atoms with Gasteiger partial charge in [0.15, 0.2) is 0 Å². The van der Waals surface area contributed by atoms with Gasteiger partial charge in [-0.05, 0) is 23.2 Å². The second-order valence-corrected chi connectivity index (χ2v) is 3.29. The molecule has 0 unspecified atom stereocenters. The Morgan fingerprint density at radius 2 is 2.38 bits per heavy atom. The molecule has 0 aliphatic carbocycles. The Hall–Kier alpha value is -1.97. The Morgan fingerprint density at radius 3 is 3.00 bits per heavy atom. The van der Waals surface area contributed by atoms with Crippen LogP contribution in [0.5, 0.6) is 0 Å². The number of carbonyl (C=O) groups is 1. The zero-order chi connectivity index (χ0) is 12.0. The summed E-state index contributed by atoms with van der Waals surface area (Å²) in [4.78, 5) is 13.5. The summed E-state index contributed by atoms with van der Waals surface area (Å²) in [5.41, 5.74) is 8.69. The maximum Gasteiger partial charge on any atom is 0.336 e. The molecule has 0 aliphatic rings. The summed E-state index contributed by atoms with van der Waals surface area (Å²) in [6.07, 6.45) is 3.16. The van der Waals surface area contributed by atoms with Crippen molar-refractivity contribution in [3.8, 4) is 0 Å². The Balaban J connectivity index is 2.99. The normalized spacial score (nSPS) is 10.1. The third-order valence-corrected chi connectivity index (χ3v) is 2.03. The van der Waals surface area contributed by atoms with Crippen molar-refractivity contribution in [2.45, 2.75) is 0 Å². The molecule has 0 saturated heterocycles. The molecule has 16 heavy (non-hydrogen) atoms. The minimum absolute atomic E-state index is 0.115. The molecular weight excluding hydrogens is 230 g/mol. The highest BCUT2D eigenvalue weighted by Crippen LogP contribution is 2.17. The SMILES string of the molecule is [N-]=[N+]=NCC=Cc1ccc(Cl)cc1C(=O)O. The molecule has 0 bridgehead atoms. The fourth-order valence-corrected chi connectivity index (χ4v) is 1.29. The first-order valence-electron chi connectivity index (χ1n) is 4.35. The highest BCUT2D eigenvalue weighted by atomic mass is 35.5. The lowest BCUT2D eigenvalue weighted by atomic mass is 10.1. The number of hydrogen-bond acceptors (Lipinski definition) is 2. The number of benzene rings is 1. The molecule has 0 aromatic heterocycles. The highest BCUT2D eigenvalue weighted by molar-refractivity contribution is 6.31. The Morgan fingerprint density at radius 1 is 1.62 bits per heavy atom. The van der Waals surface area contributed by atoms with Gasteiger partial charge in [0.25, 0.3) is 0 Å². The van der Waals surface area contributed by atoms with Gasteiger partial charge in [-0.15, -0.1) is 0 Å². The van der Waals surface area contributed by atoms with E-state index >= 15 is 0 Å². The summed E-state index contributed by atoms with van der Waals surface area (Å²) < 4.78 is 0. The van der Waals surface area contributed by atoms with Crippen LogP contribution in [0, 0.1) is 0 Å². The molecule has 0 atom stereocenters. The second-order valence-electron chi connectivity index (χ2n) is 2.85. The van der Waals surface area contributed by atoms with Gasteiger partial charge in [0.05, 0.1) is 5.56 Å². The number of carboxylic acids is 1. The van der Waals surface area contributed by atoms with Gasteiger partial charge >= 0.3 is 5.97 Å². The van der Waals surface area contributed by atoms with Crippen LogP contribution in [0.15, 0.2) is 29.4 Å². The Kier molecular flexibility index (Phi) is 4.39. The summed E-state index contributed by atoms with van der Waals surface area (Å²) in [6.45, 7) is 0.179. The van der Waals surface area contributed by atoms with Gasteiger partial charge in [-0.25, -0.2) is 4.79 Å². The molecular formula is C10H8ClN3O2. The molecule has 5 nitrogen and oxygen atoms in total. The van der Waals surface area contributed by atoms with Crippen LogP contribution in [-0.2, 0) is 0 Å². The van der Waals surface area contributed by atoms with E-state index in [9.17, 15) is 4.79 Å². The lowest BCUT2D eigenvalue weighted by molar-refractivity contribution is 0.0696. The molecule has 0 aliphatic heterocycles. The number of aromatic carboxylic acids is 1. The highest BCUT2D eigenvalue weighted by Gasteiger charge is 2.07. The number of rotatable bonds is 4. The van der Waals surface area contributed by atoms with Gasteiger partial charge in [-0.2, -0.15) is 0 Å². The van der Waals surface area contributed by atoms with Gasteiger partial charge in [0.2, 0.25) is 0 Å². The number of azide groups is 1. The van der Waals surface area contributed by atoms with Crippen LogP contribution in [0.3, 0.4) is 0 Å². The Bertz CT molecular complexity index is 479. The van der Waals surface area contributed by atoms with Crippen molar-refractivity contribution in [2.24, 2.45) is 5.11 Å². The standard InChI is InChI=1S/C10H8ClN3O2/c11-8-4-3-7(2-1-5-13-14-12)9(6-8)10(15)16/h1-4,6H,5H2,(H,15,16). The van der Waals surface area contributed by atoms with E-state index in [0.29, 0.717) is 10.6 Å². The zero-order valence-corrected chi connectivity index (χ0v) is 8.92. The Labute approximate surface area is 96.6 Å². The van der Waals surface area contributed by atoms with Crippen molar-refractivity contribution >= 4 is 23.6 Å². The van der Waals surface area contributed by atoms with E-state index in [4.69, 9.17) is 22.2 Å². The maximum atomic E-state index is 10.9. The number of halogens is 1. The fraction of sp³-hybridized carbons (Fsp3) is 0.100. The molecule has 0 heterocycles. The van der Waals surface area contributed by atoms with E-state index in [1.54, 1.807) is 24.3 Å². The third kappa shape index (κ3) is 3.31. The predicted molar refractivity (Wildman–Crippen MR) is 61.5 cm³/mol. The van der Waals surface area contributed by atoms with Gasteiger partial charge in [0.1, 0.15) is 0 Å². The van der Waals surface area contributed by atoms with E-state index in [1.165, 1.54) is 6.07 Å². The number of carboxylic acid groups (broad SMARTS) is 1. The van der Waals surface area contributed by atoms with Crippen LogP contribution in [0.25, 0.3) is 16.5 Å². The lowest BCUT2D eigenvalue weighted by Crippen LogP contribution is -1.99. The monoisotopic (exact) mass is 237 g/mol. The smallest absolute Gasteiger partial charge is 0.336 e. The molecule has 1 rings (SSSR count). The summed E-state index contributed by atoms with van der Waals surface area (Å²) in [6, 6.07) is 4.57. The maximum absolute atomic E-state index is 10.9. The van der Waals surface area contributed by atoms with Crippen molar-refractivity contribution in [3.63, 3.8) is 0 Å². The second kappa shape index (κ2) is 5.80. The molecule has 0 saturated carbocycles. The average molecular weight is 238 g/mol. The van der Waals surface area contributed by atoms with Crippen LogP contribution in [0.4, 0.5) is 0 Å². The largest absolute Gasteiger partial charge is 0.478 e. The van der Waals surface area contributed by atoms with E-state index in [0.717, 1.165) is 0 Å². The number of hydrogen-bond donors (Lipinski definition) is 1. The molecule has 1 N–H and O–H groups in total. The van der Waals surface area contributed by atoms with Crippen molar-refractivity contribution in [1.82, 2.24) is 0 Å². The molecule has 0 fully saturated rings. The molecule has 82 valence electrons. The predicted octanol–water partition coefficient (Wildman–Crippen LogP) is 3.36. The molecule has 0 spiro atoms. The first kappa shape index (κ1) is 12.1. The van der Waals surface area contributed by atoms with Crippen LogP contribution >= 0.6 is 11.6 Å². The van der Waals surface area contributed by atoms with Crippen LogP contribution in [0.2, 0.25) is 5.02 Å². The van der Waals surface area contributed by atoms with Crippen molar-refractivity contribution in [2.75, 3.05) is 6.54 Å². The van der Waals surface area contributed by atoms with Crippen LogP contribution < -0.4 is 0 Å². The van der Waals surface area contributed by atoms with E-state index in [1.807, 2.05) is 0 Å². The summed E-state index contributed by atoms with van der Waals surface area (Å²) in [7, 11) is 0. The molecule has 0 radical (unpaired) electrons. The van der Waals surface area contributed by atoms with Gasteiger partial charge in [0, 0.05) is 16.5 Å². The van der Waals surface area contributed by atoms with Crippen molar-refractivity contribution in [3.05, 3.63) is 50.9 Å². The van der Waals surface area contributed by atoms with Crippen LogP contribution in [-0.4, -0.2) is 17.6 Å². The van der Waals surface area contributed by atoms with Gasteiger partial charge in [-0.3, -0.25) is 0 Å². The summed E-state index contributed by atoms with van der Waals surface area (Å²) in [5.74, 6) is -1.05. The van der Waals surface area contributed by atoms with Gasteiger partial charge in [-0.1, -0.05) is 34.9 Å². The molecule has 1 aromatic rings. The minimum atomic E-state index is -1.05. The molecule has 0 amide bonds. The molecule has 1 aromatic carbocycles. The average Bonchev–Trinajstić information content (AvgIpc) is 2.26. The first-order valence-corrected chi connectivity index (χ1v) is 4.73. The lowest BCUT2D eigenvalue weighted by Gasteiger charge is -2.01. The van der Waals surface area contributed by atoms with Crippen molar-refractivity contribution < 1.29 is 9.90 Å². The summed E-state index contributed by atoms with van der Waals surface area (Å²) in [5, 5.41) is 12.6. The topological polar surface area (TPSA) is 86.1 Å². The first-order chi connectivity index (χ1) is 7.65. The fourth-order valence-electron chi connectivity index (χ4n) is 1.12. The van der Waals surface area contributed by atoms with Crippen LogP contribution in [0.1, 0.15) is 15.9 Å². The third-order valence-electron chi connectivity index (χ3n) is 1.79. The van der Waals surface area contributed by atoms with Gasteiger partial charge < -0.3 is 5.11 Å². The van der Waals surface area contributed by atoms with E-state index < -0.39 is 5.97 Å². The van der Waals surface area contributed by atoms with E-state index in [2.05, 4.69) is 10.0 Å². The molecule has 6 heteroatoms. The minimum Gasteiger partial charge on any atom is -0.478 e. The van der Waals surface area contributed by atoms with Crippen molar-refractivity contribution in [1.29, 1.82) is 0 Å². The zero-order valence-electron chi connectivity index (χ0n) is 8.17. The summed E-state index contributed by atoms with van der Waals surface area (Å²) >= 11 is 5.69. The van der Waals surface area contributed by atoms with E-state index in [-0.39, 0.29) is 12.1 Å².